The number of benzene rings is 3. The van der Waals surface area contributed by atoms with Crippen LogP contribution in [0.3, 0.4) is 0 Å². The molecule has 0 fully saturated rings. The third-order valence-electron chi connectivity index (χ3n) is 4.49. The van der Waals surface area contributed by atoms with E-state index < -0.39 is 10.1 Å². The Morgan fingerprint density at radius 3 is 2.07 bits per heavy atom. The number of para-hydroxylation sites is 1. The van der Waals surface area contributed by atoms with E-state index in [4.69, 9.17) is 0 Å². The van der Waals surface area contributed by atoms with Gasteiger partial charge in [-0.1, -0.05) is 42.5 Å². The normalized spacial score (nSPS) is 11.3. The van der Waals surface area contributed by atoms with Gasteiger partial charge in [0.05, 0.1) is 4.90 Å². The second-order valence-corrected chi connectivity index (χ2v) is 7.95. The van der Waals surface area contributed by atoms with Gasteiger partial charge in [-0.25, -0.2) is 8.42 Å². The lowest BCUT2D eigenvalue weighted by molar-refractivity contribution is -0.646. The standard InChI is InChI=1S/C18H15NO.C6H6O3S/c1-19-16(10-6-14-7-12-17(20)13-8-14)11-9-15-4-2-3-5-18(15)19;7-10(8,9)6-4-2-1-3-5-6/h2-13H,1H3;1-5H,(H,7,8,9). The number of aromatic nitrogens is 1. The second-order valence-electron chi connectivity index (χ2n) is 6.57. The van der Waals surface area contributed by atoms with Crippen LogP contribution in [0.4, 0.5) is 0 Å². The Hall–Kier alpha value is -3.48. The number of hydrogen-bond acceptors (Lipinski definition) is 4. The minimum absolute atomic E-state index is 0.185. The third-order valence-corrected chi connectivity index (χ3v) is 5.34. The van der Waals surface area contributed by atoms with Crippen LogP contribution in [0.25, 0.3) is 23.1 Å². The van der Waals surface area contributed by atoms with Crippen LogP contribution < -0.4 is 4.57 Å². The Balaban J connectivity index is 0.000000216. The number of aryl methyl sites for hydroxylation is 1. The third kappa shape index (κ3) is 5.53. The van der Waals surface area contributed by atoms with E-state index in [1.165, 1.54) is 35.2 Å². The maximum Gasteiger partial charge on any atom is 0.212 e. The Bertz CT molecular complexity index is 1270. The molecule has 0 bridgehead atoms. The summed E-state index contributed by atoms with van der Waals surface area (Å²) in [6.07, 6.45) is 4.13. The maximum atomic E-state index is 10.3. The van der Waals surface area contributed by atoms with Crippen molar-refractivity contribution in [2.75, 3.05) is 0 Å². The van der Waals surface area contributed by atoms with E-state index in [9.17, 15) is 18.1 Å². The second kappa shape index (κ2) is 9.35. The van der Waals surface area contributed by atoms with Crippen molar-refractivity contribution in [2.45, 2.75) is 4.90 Å². The Morgan fingerprint density at radius 1 is 0.800 bits per heavy atom. The molecule has 0 aliphatic heterocycles. The van der Waals surface area contributed by atoms with E-state index >= 15 is 0 Å². The zero-order valence-electron chi connectivity index (χ0n) is 16.3. The highest BCUT2D eigenvalue weighted by Crippen LogP contribution is 2.14. The minimum Gasteiger partial charge on any atom is -0.744 e. The fourth-order valence-corrected chi connectivity index (χ4v) is 3.37. The van der Waals surface area contributed by atoms with Gasteiger partial charge in [0.15, 0.2) is 0 Å². The summed E-state index contributed by atoms with van der Waals surface area (Å²) >= 11 is 0. The molecule has 1 aromatic heterocycles. The molecule has 1 N–H and O–H groups in total. The minimum atomic E-state index is -4.25. The molecule has 0 unspecified atom stereocenters. The SMILES string of the molecule is C[n+]1c(C=Cc2ccc(O)cc2)ccc2ccccc21.O=S(=O)([O-])c1ccccc1. The number of fused-ring (bicyclic) bond motifs is 1. The van der Waals surface area contributed by atoms with Gasteiger partial charge in [-0.15, -0.1) is 0 Å². The summed E-state index contributed by atoms with van der Waals surface area (Å²) in [6, 6.07) is 26.9. The molecule has 0 saturated heterocycles. The molecule has 0 amide bonds. The molecule has 0 atom stereocenters. The van der Waals surface area contributed by atoms with Crippen LogP contribution in [0.5, 0.6) is 5.75 Å². The highest BCUT2D eigenvalue weighted by molar-refractivity contribution is 7.85. The molecule has 6 heteroatoms. The van der Waals surface area contributed by atoms with Gasteiger partial charge in [0, 0.05) is 23.6 Å². The van der Waals surface area contributed by atoms with Crippen molar-refractivity contribution in [3.63, 3.8) is 0 Å². The molecule has 0 spiro atoms. The van der Waals surface area contributed by atoms with Crippen molar-refractivity contribution in [1.82, 2.24) is 0 Å². The van der Waals surface area contributed by atoms with Crippen LogP contribution in [0.1, 0.15) is 11.3 Å². The van der Waals surface area contributed by atoms with E-state index in [1.807, 2.05) is 24.3 Å². The van der Waals surface area contributed by atoms with Crippen molar-refractivity contribution in [3.8, 4) is 5.75 Å². The van der Waals surface area contributed by atoms with Gasteiger partial charge in [0.1, 0.15) is 22.9 Å². The molecule has 4 aromatic rings. The van der Waals surface area contributed by atoms with Crippen molar-refractivity contribution >= 4 is 33.2 Å². The Morgan fingerprint density at radius 2 is 1.43 bits per heavy atom. The average molecular weight is 420 g/mol. The van der Waals surface area contributed by atoms with Gasteiger partial charge < -0.3 is 9.66 Å². The van der Waals surface area contributed by atoms with Crippen molar-refractivity contribution in [2.24, 2.45) is 7.05 Å². The molecular weight excluding hydrogens is 398 g/mol. The number of aromatic hydroxyl groups is 1. The zero-order valence-corrected chi connectivity index (χ0v) is 17.2. The number of pyridine rings is 1. The largest absolute Gasteiger partial charge is 0.744 e. The quantitative estimate of drug-likeness (QED) is 0.400. The molecule has 0 aliphatic rings. The highest BCUT2D eigenvalue weighted by Gasteiger charge is 2.07. The van der Waals surface area contributed by atoms with Crippen molar-refractivity contribution in [1.29, 1.82) is 0 Å². The molecule has 3 aromatic carbocycles. The van der Waals surface area contributed by atoms with Crippen LogP contribution in [0.15, 0.2) is 95.9 Å². The summed E-state index contributed by atoms with van der Waals surface area (Å²) < 4.78 is 33.0. The Kier molecular flexibility index (Phi) is 6.61. The molecule has 4 rings (SSSR count). The number of phenolic OH excluding ortho intramolecular Hbond substituents is 1. The van der Waals surface area contributed by atoms with E-state index in [2.05, 4.69) is 48.0 Å². The number of nitrogens with zero attached hydrogens (tertiary/aromatic N) is 1. The summed E-state index contributed by atoms with van der Waals surface area (Å²) in [4.78, 5) is -0.185. The fourth-order valence-electron chi connectivity index (χ4n) is 2.88. The number of phenols is 1. The number of rotatable bonds is 3. The lowest BCUT2D eigenvalue weighted by atomic mass is 10.1. The van der Waals surface area contributed by atoms with Crippen LogP contribution in [0, 0.1) is 0 Å². The highest BCUT2D eigenvalue weighted by atomic mass is 32.2. The first-order valence-corrected chi connectivity index (χ1v) is 10.6. The topological polar surface area (TPSA) is 81.3 Å². The number of hydrogen-bond donors (Lipinski definition) is 1. The maximum absolute atomic E-state index is 10.3. The summed E-state index contributed by atoms with van der Waals surface area (Å²) in [5.74, 6) is 0.290. The average Bonchev–Trinajstić information content (AvgIpc) is 2.75. The van der Waals surface area contributed by atoms with Crippen molar-refractivity contribution in [3.05, 3.63) is 102 Å². The monoisotopic (exact) mass is 419 g/mol. The van der Waals surface area contributed by atoms with Gasteiger partial charge in [0.25, 0.3) is 0 Å². The van der Waals surface area contributed by atoms with Gasteiger partial charge in [-0.05, 0) is 48.0 Å². The molecule has 1 heterocycles. The molecule has 0 aliphatic carbocycles. The van der Waals surface area contributed by atoms with Crippen LogP contribution in [-0.4, -0.2) is 18.1 Å². The summed E-state index contributed by atoms with van der Waals surface area (Å²) in [5, 5.41) is 10.5. The van der Waals surface area contributed by atoms with E-state index in [0.29, 0.717) is 5.75 Å². The molecule has 30 heavy (non-hydrogen) atoms. The smallest absolute Gasteiger partial charge is 0.212 e. The molecule has 5 nitrogen and oxygen atoms in total. The predicted molar refractivity (Wildman–Crippen MR) is 117 cm³/mol. The van der Waals surface area contributed by atoms with Gasteiger partial charge in [-0.2, -0.15) is 4.57 Å². The van der Waals surface area contributed by atoms with Gasteiger partial charge in [0.2, 0.25) is 11.2 Å². The van der Waals surface area contributed by atoms with Crippen LogP contribution in [-0.2, 0) is 17.2 Å². The predicted octanol–water partition coefficient (Wildman–Crippen LogP) is 4.13. The lowest BCUT2D eigenvalue weighted by Gasteiger charge is -2.04. The van der Waals surface area contributed by atoms with Gasteiger partial charge >= 0.3 is 0 Å². The summed E-state index contributed by atoms with van der Waals surface area (Å²) in [6.45, 7) is 0. The molecule has 0 saturated carbocycles. The Labute approximate surface area is 175 Å². The van der Waals surface area contributed by atoms with Crippen LogP contribution >= 0.6 is 0 Å². The zero-order chi connectivity index (χ0) is 21.6. The molecular formula is C24H21NO4S. The van der Waals surface area contributed by atoms with Crippen molar-refractivity contribution < 1.29 is 22.6 Å². The first kappa shape index (κ1) is 21.2. The summed E-state index contributed by atoms with van der Waals surface area (Å²) in [7, 11) is -2.18. The van der Waals surface area contributed by atoms with Crippen LogP contribution in [0.2, 0.25) is 0 Å². The molecule has 0 radical (unpaired) electrons. The van der Waals surface area contributed by atoms with Gasteiger partial charge in [-0.3, -0.25) is 0 Å². The van der Waals surface area contributed by atoms with E-state index in [0.717, 1.165) is 11.3 Å². The molecule has 152 valence electrons. The summed E-state index contributed by atoms with van der Waals surface area (Å²) in [5.41, 5.74) is 3.41. The first-order valence-electron chi connectivity index (χ1n) is 9.20. The lowest BCUT2D eigenvalue weighted by Crippen LogP contribution is -2.32. The first-order chi connectivity index (χ1) is 14.3. The van der Waals surface area contributed by atoms with E-state index in [1.54, 1.807) is 18.2 Å². The fraction of sp³-hybridized carbons (Fsp3) is 0.0417. The van der Waals surface area contributed by atoms with E-state index in [-0.39, 0.29) is 4.90 Å².